The Balaban J connectivity index is 0.000000261. The lowest BCUT2D eigenvalue weighted by atomic mass is 10.2. The van der Waals surface area contributed by atoms with Crippen molar-refractivity contribution >= 4 is 85.1 Å². The van der Waals surface area contributed by atoms with E-state index in [4.69, 9.17) is 37.8 Å². The van der Waals surface area contributed by atoms with Crippen molar-refractivity contribution in [1.29, 1.82) is 0 Å². The molecular formula is C33H27BrClF3N6O10S2. The molecule has 0 spiro atoms. The summed E-state index contributed by atoms with van der Waals surface area (Å²) in [5.74, 6) is -5.42. The first kappa shape index (κ1) is 46.2. The van der Waals surface area contributed by atoms with Gasteiger partial charge in [0, 0.05) is 11.1 Å². The minimum Gasteiger partial charge on any atom is -0.477 e. The Bertz CT molecular complexity index is 2330. The first-order valence-corrected chi connectivity index (χ1v) is 17.6. The van der Waals surface area contributed by atoms with Crippen molar-refractivity contribution in [3.05, 3.63) is 124 Å². The second kappa shape index (κ2) is 20.6. The van der Waals surface area contributed by atoms with E-state index >= 15 is 0 Å². The SMILES string of the molecule is CC(C)=C(NC(=O)c1ccccc1)C(=O)O.Cc1nc(-c2ccccc2Cl)sc1C(=O)O.Nc1nc(C(F)(F)F)c(C(=O)O)s1.O=C(O)c1nc[nH]c(=O)c1Br. The molecule has 0 aliphatic rings. The maximum atomic E-state index is 12.0. The number of nitrogen functional groups attached to an aromatic ring is 1. The van der Waals surface area contributed by atoms with Crippen LogP contribution in [-0.2, 0) is 11.0 Å². The second-order valence-corrected chi connectivity index (χ2v) is 13.7. The quantitative estimate of drug-likeness (QED) is 0.0816. The van der Waals surface area contributed by atoms with Crippen LogP contribution in [0.3, 0.4) is 0 Å². The number of alkyl halides is 3. The van der Waals surface area contributed by atoms with Crippen molar-refractivity contribution in [2.24, 2.45) is 0 Å². The van der Waals surface area contributed by atoms with Gasteiger partial charge in [-0.05, 0) is 60.5 Å². The highest BCUT2D eigenvalue weighted by molar-refractivity contribution is 9.10. The number of nitrogens with one attached hydrogen (secondary N) is 2. The van der Waals surface area contributed by atoms with E-state index in [1.165, 1.54) is 0 Å². The highest BCUT2D eigenvalue weighted by atomic mass is 79.9. The third-order valence-electron chi connectivity index (χ3n) is 6.19. The van der Waals surface area contributed by atoms with Crippen LogP contribution in [0.2, 0.25) is 5.02 Å². The van der Waals surface area contributed by atoms with Crippen molar-refractivity contribution in [2.75, 3.05) is 5.73 Å². The topological polar surface area (TPSA) is 276 Å². The molecule has 23 heteroatoms. The number of carboxylic acids is 4. The third kappa shape index (κ3) is 13.4. The number of thiazole rings is 2. The number of carboxylic acid groups (broad SMARTS) is 4. The maximum Gasteiger partial charge on any atom is 0.435 e. The number of amides is 1. The van der Waals surface area contributed by atoms with Crippen LogP contribution in [0.5, 0.6) is 0 Å². The number of hydrogen-bond donors (Lipinski definition) is 7. The molecule has 16 nitrogen and oxygen atoms in total. The Morgan fingerprint density at radius 3 is 1.89 bits per heavy atom. The van der Waals surface area contributed by atoms with E-state index in [9.17, 15) is 41.9 Å². The van der Waals surface area contributed by atoms with E-state index in [0.717, 1.165) is 23.2 Å². The number of carbonyl (C=O) groups is 5. The van der Waals surface area contributed by atoms with E-state index in [-0.39, 0.29) is 20.7 Å². The van der Waals surface area contributed by atoms with E-state index in [0.29, 0.717) is 38.2 Å². The summed E-state index contributed by atoms with van der Waals surface area (Å²) in [6.45, 7) is 4.95. The number of nitrogens with zero attached hydrogens (tertiary/aromatic N) is 3. The number of carbonyl (C=O) groups excluding carboxylic acids is 1. The molecule has 56 heavy (non-hydrogen) atoms. The fraction of sp³-hybridized carbons (Fsp3) is 0.121. The zero-order valence-electron chi connectivity index (χ0n) is 28.6. The molecule has 0 bridgehead atoms. The number of aryl methyl sites for hydroxylation is 1. The maximum absolute atomic E-state index is 12.0. The average Bonchev–Trinajstić information content (AvgIpc) is 3.72. The first-order valence-electron chi connectivity index (χ1n) is 14.8. The largest absolute Gasteiger partial charge is 0.477 e. The number of benzene rings is 2. The number of anilines is 1. The number of halogens is 5. The van der Waals surface area contributed by atoms with Crippen LogP contribution in [0.25, 0.3) is 10.6 Å². The molecule has 0 unspecified atom stereocenters. The van der Waals surface area contributed by atoms with Crippen molar-refractivity contribution < 1.29 is 57.6 Å². The first-order chi connectivity index (χ1) is 26.1. The fourth-order valence-corrected chi connectivity index (χ4v) is 6.02. The average molecular weight is 904 g/mol. The Morgan fingerprint density at radius 2 is 1.45 bits per heavy atom. The highest BCUT2D eigenvalue weighted by Gasteiger charge is 2.39. The summed E-state index contributed by atoms with van der Waals surface area (Å²) in [6, 6.07) is 15.7. The lowest BCUT2D eigenvalue weighted by molar-refractivity contribution is -0.141. The molecule has 0 radical (unpaired) electrons. The Labute approximate surface area is 334 Å². The van der Waals surface area contributed by atoms with Gasteiger partial charge in [0.25, 0.3) is 11.5 Å². The van der Waals surface area contributed by atoms with Crippen molar-refractivity contribution in [2.45, 2.75) is 26.9 Å². The zero-order valence-corrected chi connectivity index (χ0v) is 32.6. The molecule has 5 rings (SSSR count). The predicted octanol–water partition coefficient (Wildman–Crippen LogP) is 6.94. The van der Waals surface area contributed by atoms with E-state index in [1.807, 2.05) is 18.2 Å². The third-order valence-corrected chi connectivity index (χ3v) is 9.31. The molecule has 0 fully saturated rings. The minimum absolute atomic E-state index is 0.0625. The predicted molar refractivity (Wildman–Crippen MR) is 202 cm³/mol. The van der Waals surface area contributed by atoms with Crippen LogP contribution >= 0.6 is 50.2 Å². The van der Waals surface area contributed by atoms with Gasteiger partial charge in [0.05, 0.1) is 17.0 Å². The summed E-state index contributed by atoms with van der Waals surface area (Å²) in [4.78, 5) is 76.9. The summed E-state index contributed by atoms with van der Waals surface area (Å²) in [6.07, 6.45) is -3.74. The van der Waals surface area contributed by atoms with Crippen molar-refractivity contribution in [3.8, 4) is 10.6 Å². The summed E-state index contributed by atoms with van der Waals surface area (Å²) >= 11 is 10.2. The van der Waals surface area contributed by atoms with Crippen LogP contribution < -0.4 is 16.6 Å². The number of H-pyrrole nitrogens is 1. The lowest BCUT2D eigenvalue weighted by Gasteiger charge is -2.07. The van der Waals surface area contributed by atoms with Gasteiger partial charge in [-0.1, -0.05) is 59.3 Å². The number of aliphatic carboxylic acids is 1. The number of nitrogens with two attached hydrogens (primary N) is 1. The Kier molecular flexibility index (Phi) is 17.0. The molecule has 3 heterocycles. The standard InChI is InChI=1S/C12H13NO3.C11H8ClNO2S.C5H3BrN2O3.C5H3F3N2O2S/c1-8(2)10(12(15)16)13-11(14)9-6-4-3-5-7-9;1-6-9(11(14)15)16-10(13-6)7-4-2-3-5-8(7)12;6-2-3(5(10)11)7-1-8-4(2)9;6-5(7,8)2-1(3(11)12)13-4(9)10-2/h3-7H,1-2H3,(H,13,14)(H,15,16);2-5H,1H3,(H,14,15);1H,(H,10,11)(H,7,8,9);(H2,9,10)(H,11,12). The summed E-state index contributed by atoms with van der Waals surface area (Å²) < 4.78 is 36.1. The van der Waals surface area contributed by atoms with Crippen LogP contribution in [-0.4, -0.2) is 70.1 Å². The Morgan fingerprint density at radius 1 is 0.875 bits per heavy atom. The molecular weight excluding hydrogens is 877 g/mol. The Hall–Kier alpha value is -5.97. The molecule has 5 aromatic rings. The van der Waals surface area contributed by atoms with Gasteiger partial charge in [-0.25, -0.2) is 34.1 Å². The fourth-order valence-electron chi connectivity index (χ4n) is 3.72. The number of aromatic amines is 1. The molecule has 0 saturated heterocycles. The second-order valence-electron chi connectivity index (χ2n) is 10.5. The monoisotopic (exact) mass is 902 g/mol. The highest BCUT2D eigenvalue weighted by Crippen LogP contribution is 2.35. The van der Waals surface area contributed by atoms with Crippen molar-refractivity contribution in [1.82, 2.24) is 25.3 Å². The molecule has 1 amide bonds. The number of rotatable bonds is 7. The van der Waals surface area contributed by atoms with Gasteiger partial charge in [-0.2, -0.15) is 13.2 Å². The van der Waals surface area contributed by atoms with E-state index < -0.39 is 57.2 Å². The van der Waals surface area contributed by atoms with Gasteiger partial charge >= 0.3 is 30.1 Å². The number of allylic oxidation sites excluding steroid dienone is 1. The van der Waals surface area contributed by atoms with Gasteiger partial charge < -0.3 is 36.5 Å². The summed E-state index contributed by atoms with van der Waals surface area (Å²) in [5, 5.41) is 37.8. The van der Waals surface area contributed by atoms with Gasteiger partial charge in [0.2, 0.25) is 0 Å². The molecule has 8 N–H and O–H groups in total. The number of aromatic nitrogens is 4. The van der Waals surface area contributed by atoms with Crippen LogP contribution in [0.4, 0.5) is 18.3 Å². The molecule has 0 saturated carbocycles. The van der Waals surface area contributed by atoms with Crippen LogP contribution in [0.15, 0.2) is 81.5 Å². The van der Waals surface area contributed by atoms with E-state index in [2.05, 4.69) is 41.2 Å². The van der Waals surface area contributed by atoms with Gasteiger partial charge in [0.15, 0.2) is 16.5 Å². The molecule has 296 valence electrons. The number of hydrogen-bond acceptors (Lipinski definition) is 12. The molecule has 0 aliphatic carbocycles. The summed E-state index contributed by atoms with van der Waals surface area (Å²) in [5.41, 5.74) is 4.93. The molecule has 3 aromatic heterocycles. The van der Waals surface area contributed by atoms with Gasteiger partial charge in [0.1, 0.15) is 24.9 Å². The zero-order chi connectivity index (χ0) is 42.5. The molecule has 0 aliphatic heterocycles. The van der Waals surface area contributed by atoms with Gasteiger partial charge in [-0.3, -0.25) is 9.59 Å². The van der Waals surface area contributed by atoms with Crippen LogP contribution in [0.1, 0.15) is 65.4 Å². The van der Waals surface area contributed by atoms with E-state index in [1.54, 1.807) is 57.2 Å². The minimum atomic E-state index is -4.78. The van der Waals surface area contributed by atoms with Crippen LogP contribution in [0, 0.1) is 6.92 Å². The number of aromatic carboxylic acids is 3. The smallest absolute Gasteiger partial charge is 0.435 e. The lowest BCUT2D eigenvalue weighted by Crippen LogP contribution is -2.28. The molecule has 0 atom stereocenters. The molecule has 2 aromatic carbocycles. The van der Waals surface area contributed by atoms with Crippen molar-refractivity contribution in [3.63, 3.8) is 0 Å². The summed E-state index contributed by atoms with van der Waals surface area (Å²) in [7, 11) is 0. The van der Waals surface area contributed by atoms with Gasteiger partial charge in [-0.15, -0.1) is 11.3 Å². The normalized spacial score (nSPS) is 10.2.